The molecule has 2 aromatic rings. The molecule has 0 bridgehead atoms. The zero-order valence-corrected chi connectivity index (χ0v) is 15.4. The molecule has 134 valence electrons. The Bertz CT molecular complexity index is 927. The van der Waals surface area contributed by atoms with Crippen molar-refractivity contribution in [2.75, 3.05) is 24.4 Å². The summed E-state index contributed by atoms with van der Waals surface area (Å²) in [6, 6.07) is 11.5. The summed E-state index contributed by atoms with van der Waals surface area (Å²) in [6.45, 7) is 0. The molecular formula is C18H14Cl2N2O4. The van der Waals surface area contributed by atoms with E-state index in [2.05, 4.69) is 5.32 Å². The van der Waals surface area contributed by atoms with Crippen molar-refractivity contribution in [1.29, 1.82) is 0 Å². The lowest BCUT2D eigenvalue weighted by Crippen LogP contribution is -2.32. The molecular weight excluding hydrogens is 379 g/mol. The van der Waals surface area contributed by atoms with Crippen LogP contribution in [0, 0.1) is 0 Å². The number of benzene rings is 2. The van der Waals surface area contributed by atoms with Gasteiger partial charge in [-0.3, -0.25) is 9.59 Å². The van der Waals surface area contributed by atoms with Crippen molar-refractivity contribution in [3.63, 3.8) is 0 Å². The number of carbonyl (C=O) groups excluding carboxylic acids is 2. The number of amides is 2. The van der Waals surface area contributed by atoms with Crippen LogP contribution in [-0.4, -0.2) is 26.0 Å². The largest absolute Gasteiger partial charge is 0.497 e. The second-order valence-electron chi connectivity index (χ2n) is 5.28. The normalized spacial score (nSPS) is 14.1. The average molecular weight is 393 g/mol. The smallest absolute Gasteiger partial charge is 0.283 e. The van der Waals surface area contributed by atoms with Gasteiger partial charge in [-0.1, -0.05) is 35.3 Å². The van der Waals surface area contributed by atoms with E-state index in [0.29, 0.717) is 17.2 Å². The lowest BCUT2D eigenvalue weighted by atomic mass is 10.2. The lowest BCUT2D eigenvalue weighted by molar-refractivity contribution is -0.120. The fourth-order valence-corrected chi connectivity index (χ4v) is 2.93. The molecule has 3 rings (SSSR count). The third-order valence-electron chi connectivity index (χ3n) is 3.79. The number of halogens is 2. The second kappa shape index (κ2) is 7.27. The van der Waals surface area contributed by atoms with Crippen molar-refractivity contribution in [2.45, 2.75) is 0 Å². The highest BCUT2D eigenvalue weighted by molar-refractivity contribution is 6.53. The van der Waals surface area contributed by atoms with Crippen molar-refractivity contribution in [3.05, 3.63) is 58.2 Å². The molecule has 2 amide bonds. The van der Waals surface area contributed by atoms with Crippen LogP contribution in [0.15, 0.2) is 53.2 Å². The van der Waals surface area contributed by atoms with Crippen LogP contribution in [0.4, 0.5) is 11.4 Å². The average Bonchev–Trinajstić information content (AvgIpc) is 2.86. The molecule has 1 aliphatic rings. The van der Waals surface area contributed by atoms with Gasteiger partial charge in [-0.15, -0.1) is 0 Å². The van der Waals surface area contributed by atoms with Gasteiger partial charge in [-0.25, -0.2) is 4.90 Å². The van der Waals surface area contributed by atoms with Crippen LogP contribution in [0.3, 0.4) is 0 Å². The van der Waals surface area contributed by atoms with Crippen molar-refractivity contribution in [2.24, 2.45) is 0 Å². The van der Waals surface area contributed by atoms with Crippen LogP contribution in [0.25, 0.3) is 0 Å². The summed E-state index contributed by atoms with van der Waals surface area (Å²) in [5.41, 5.74) is 0.671. The van der Waals surface area contributed by atoms with Crippen molar-refractivity contribution in [3.8, 4) is 11.5 Å². The van der Waals surface area contributed by atoms with Gasteiger partial charge >= 0.3 is 0 Å². The Hall–Kier alpha value is -2.70. The van der Waals surface area contributed by atoms with Crippen molar-refractivity contribution >= 4 is 46.4 Å². The van der Waals surface area contributed by atoms with E-state index < -0.39 is 11.8 Å². The topological polar surface area (TPSA) is 67.9 Å². The van der Waals surface area contributed by atoms with Crippen LogP contribution in [0.2, 0.25) is 5.02 Å². The zero-order valence-electron chi connectivity index (χ0n) is 13.9. The molecule has 0 unspecified atom stereocenters. The molecule has 0 aliphatic carbocycles. The summed E-state index contributed by atoms with van der Waals surface area (Å²) >= 11 is 12.2. The molecule has 0 radical (unpaired) electrons. The highest BCUT2D eigenvalue weighted by Gasteiger charge is 2.40. The van der Waals surface area contributed by atoms with E-state index in [-0.39, 0.29) is 21.4 Å². The Morgan fingerprint density at radius 2 is 1.69 bits per heavy atom. The summed E-state index contributed by atoms with van der Waals surface area (Å²) in [5, 5.41) is 2.91. The molecule has 0 fully saturated rings. The number of hydrogen-bond acceptors (Lipinski definition) is 5. The standard InChI is InChI=1S/C18H14Cl2N2O4/c1-25-10-7-8-12(14(9-10)26-2)21-16-15(20)17(23)22(18(16)24)13-6-4-3-5-11(13)19/h3-9,21H,1-2H3. The number of ether oxygens (including phenoxy) is 2. The van der Waals surface area contributed by atoms with Gasteiger partial charge in [0.2, 0.25) is 0 Å². The number of hydrogen-bond donors (Lipinski definition) is 1. The van der Waals surface area contributed by atoms with E-state index >= 15 is 0 Å². The van der Waals surface area contributed by atoms with Crippen LogP contribution in [0.1, 0.15) is 0 Å². The highest BCUT2D eigenvalue weighted by atomic mass is 35.5. The molecule has 1 aliphatic heterocycles. The van der Waals surface area contributed by atoms with Gasteiger partial charge < -0.3 is 14.8 Å². The first kappa shape index (κ1) is 18.1. The van der Waals surface area contributed by atoms with E-state index in [1.165, 1.54) is 14.2 Å². The lowest BCUT2D eigenvalue weighted by Gasteiger charge is -2.17. The van der Waals surface area contributed by atoms with Gasteiger partial charge in [-0.2, -0.15) is 0 Å². The fraction of sp³-hybridized carbons (Fsp3) is 0.111. The van der Waals surface area contributed by atoms with Gasteiger partial charge in [0, 0.05) is 6.07 Å². The van der Waals surface area contributed by atoms with Crippen LogP contribution >= 0.6 is 23.2 Å². The fourth-order valence-electron chi connectivity index (χ4n) is 2.50. The van der Waals surface area contributed by atoms with E-state index in [1.54, 1.807) is 42.5 Å². The Morgan fingerprint density at radius 3 is 2.35 bits per heavy atom. The van der Waals surface area contributed by atoms with Crippen LogP contribution in [0.5, 0.6) is 11.5 Å². The molecule has 0 saturated heterocycles. The predicted molar refractivity (Wildman–Crippen MR) is 100.0 cm³/mol. The highest BCUT2D eigenvalue weighted by Crippen LogP contribution is 2.36. The number of carbonyl (C=O) groups is 2. The third-order valence-corrected chi connectivity index (χ3v) is 4.46. The Morgan fingerprint density at radius 1 is 0.962 bits per heavy atom. The first-order valence-corrected chi connectivity index (χ1v) is 8.25. The Labute approximate surface area is 159 Å². The number of anilines is 2. The van der Waals surface area contributed by atoms with Crippen LogP contribution in [-0.2, 0) is 9.59 Å². The molecule has 1 N–H and O–H groups in total. The van der Waals surface area contributed by atoms with Crippen molar-refractivity contribution < 1.29 is 19.1 Å². The first-order valence-electron chi connectivity index (χ1n) is 7.50. The SMILES string of the molecule is COc1ccc(NC2=C(Cl)C(=O)N(c3ccccc3Cl)C2=O)c(OC)c1. The summed E-state index contributed by atoms with van der Waals surface area (Å²) in [5.74, 6) is -0.248. The number of nitrogens with zero attached hydrogens (tertiary/aromatic N) is 1. The summed E-state index contributed by atoms with van der Waals surface area (Å²) in [7, 11) is 3.01. The Balaban J connectivity index is 1.95. The maximum atomic E-state index is 12.8. The summed E-state index contributed by atoms with van der Waals surface area (Å²) < 4.78 is 10.4. The second-order valence-corrected chi connectivity index (χ2v) is 6.06. The van der Waals surface area contributed by atoms with Gasteiger partial charge in [0.05, 0.1) is 30.6 Å². The molecule has 26 heavy (non-hydrogen) atoms. The summed E-state index contributed by atoms with van der Waals surface area (Å²) in [4.78, 5) is 26.2. The van der Waals surface area contributed by atoms with Crippen molar-refractivity contribution in [1.82, 2.24) is 0 Å². The monoisotopic (exact) mass is 392 g/mol. The molecule has 6 nitrogen and oxygen atoms in total. The maximum absolute atomic E-state index is 12.8. The van der Waals surface area contributed by atoms with E-state index in [9.17, 15) is 9.59 Å². The van der Waals surface area contributed by atoms with Gasteiger partial charge in [0.1, 0.15) is 22.2 Å². The minimum absolute atomic E-state index is 0.0555. The van der Waals surface area contributed by atoms with Gasteiger partial charge in [0.15, 0.2) is 0 Å². The predicted octanol–water partition coefficient (Wildman–Crippen LogP) is 3.79. The number of imide groups is 1. The minimum atomic E-state index is -0.653. The number of para-hydroxylation sites is 1. The summed E-state index contributed by atoms with van der Waals surface area (Å²) in [6.07, 6.45) is 0. The molecule has 0 saturated carbocycles. The number of methoxy groups -OCH3 is 2. The zero-order chi connectivity index (χ0) is 18.8. The first-order chi connectivity index (χ1) is 12.5. The third kappa shape index (κ3) is 3.09. The molecule has 8 heteroatoms. The molecule has 2 aromatic carbocycles. The van der Waals surface area contributed by atoms with Crippen LogP contribution < -0.4 is 19.7 Å². The number of rotatable bonds is 5. The molecule has 0 aromatic heterocycles. The minimum Gasteiger partial charge on any atom is -0.497 e. The van der Waals surface area contributed by atoms with E-state index in [0.717, 1.165) is 4.90 Å². The van der Waals surface area contributed by atoms with E-state index in [1.807, 2.05) is 0 Å². The number of nitrogens with one attached hydrogen (secondary N) is 1. The van der Waals surface area contributed by atoms with Gasteiger partial charge in [-0.05, 0) is 24.3 Å². The van der Waals surface area contributed by atoms with E-state index in [4.69, 9.17) is 32.7 Å². The Kier molecular flexibility index (Phi) is 5.06. The molecule has 0 spiro atoms. The molecule has 0 atom stereocenters. The van der Waals surface area contributed by atoms with Gasteiger partial charge in [0.25, 0.3) is 11.8 Å². The quantitative estimate of drug-likeness (QED) is 0.783. The maximum Gasteiger partial charge on any atom is 0.283 e. The molecule has 1 heterocycles.